The molecule has 1 heterocycles. The fourth-order valence-corrected chi connectivity index (χ4v) is 2.30. The molecule has 1 aromatic heterocycles. The summed E-state index contributed by atoms with van der Waals surface area (Å²) >= 11 is 1.43. The number of benzene rings is 1. The van der Waals surface area contributed by atoms with Crippen molar-refractivity contribution in [1.29, 1.82) is 0 Å². The number of phenols is 1. The minimum absolute atomic E-state index is 0.151. The number of aliphatic hydroxyl groups excluding tert-OH is 1. The minimum atomic E-state index is -0.184. The fourth-order valence-electron chi connectivity index (χ4n) is 1.43. The lowest BCUT2D eigenvalue weighted by Crippen LogP contribution is -1.89. The third-order valence-corrected chi connectivity index (χ3v) is 3.07. The molecule has 3 nitrogen and oxygen atoms in total. The highest BCUT2D eigenvalue weighted by molar-refractivity contribution is 7.17. The maximum absolute atomic E-state index is 9.75. The van der Waals surface area contributed by atoms with Crippen LogP contribution in [-0.4, -0.2) is 17.3 Å². The SMILES string of the molecule is COc1cc(CO)c(O)c2sccc12. The fraction of sp³-hybridized carbons (Fsp3) is 0.200. The molecule has 0 bridgehead atoms. The highest BCUT2D eigenvalue weighted by atomic mass is 32.1. The predicted octanol–water partition coefficient (Wildman–Crippen LogP) is 2.11. The van der Waals surface area contributed by atoms with Crippen molar-refractivity contribution >= 4 is 21.4 Å². The average Bonchev–Trinajstić information content (AvgIpc) is 2.68. The van der Waals surface area contributed by atoms with Gasteiger partial charge in [-0.15, -0.1) is 11.3 Å². The molecule has 0 amide bonds. The van der Waals surface area contributed by atoms with Crippen LogP contribution in [0.4, 0.5) is 0 Å². The lowest BCUT2D eigenvalue weighted by molar-refractivity contribution is 0.275. The van der Waals surface area contributed by atoms with Gasteiger partial charge >= 0.3 is 0 Å². The van der Waals surface area contributed by atoms with Crippen molar-refractivity contribution in [2.75, 3.05) is 7.11 Å². The molecule has 1 aromatic carbocycles. The van der Waals surface area contributed by atoms with Gasteiger partial charge in [0.2, 0.25) is 0 Å². The second-order valence-electron chi connectivity index (χ2n) is 2.91. The normalized spacial score (nSPS) is 10.7. The predicted molar refractivity (Wildman–Crippen MR) is 56.0 cm³/mol. The molecule has 2 N–H and O–H groups in total. The summed E-state index contributed by atoms with van der Waals surface area (Å²) in [7, 11) is 1.57. The number of aromatic hydroxyl groups is 1. The summed E-state index contributed by atoms with van der Waals surface area (Å²) in [5.74, 6) is 0.835. The largest absolute Gasteiger partial charge is 0.506 e. The van der Waals surface area contributed by atoms with E-state index in [-0.39, 0.29) is 12.4 Å². The monoisotopic (exact) mass is 210 g/mol. The first-order valence-electron chi connectivity index (χ1n) is 4.14. The van der Waals surface area contributed by atoms with Gasteiger partial charge in [0.15, 0.2) is 0 Å². The molecule has 0 unspecified atom stereocenters. The lowest BCUT2D eigenvalue weighted by Gasteiger charge is -2.07. The van der Waals surface area contributed by atoms with E-state index in [0.717, 1.165) is 10.1 Å². The molecule has 0 aliphatic heterocycles. The van der Waals surface area contributed by atoms with Gasteiger partial charge in [0.1, 0.15) is 11.5 Å². The van der Waals surface area contributed by atoms with Gasteiger partial charge < -0.3 is 14.9 Å². The molecule has 0 atom stereocenters. The number of hydrogen-bond donors (Lipinski definition) is 2. The van der Waals surface area contributed by atoms with E-state index < -0.39 is 0 Å². The molecular formula is C10H10O3S. The summed E-state index contributed by atoms with van der Waals surface area (Å²) in [6.45, 7) is -0.184. The first-order valence-corrected chi connectivity index (χ1v) is 5.02. The van der Waals surface area contributed by atoms with Crippen molar-refractivity contribution in [3.8, 4) is 11.5 Å². The summed E-state index contributed by atoms with van der Waals surface area (Å²) in [5.41, 5.74) is 0.497. The second kappa shape index (κ2) is 3.48. The Hall–Kier alpha value is -1.26. The molecule has 4 heteroatoms. The molecule has 0 aliphatic rings. The number of hydrogen-bond acceptors (Lipinski definition) is 4. The van der Waals surface area contributed by atoms with Crippen molar-refractivity contribution in [3.63, 3.8) is 0 Å². The van der Waals surface area contributed by atoms with Gasteiger partial charge in [-0.1, -0.05) is 0 Å². The van der Waals surface area contributed by atoms with Crippen LogP contribution in [0.2, 0.25) is 0 Å². The van der Waals surface area contributed by atoms with Crippen LogP contribution in [-0.2, 0) is 6.61 Å². The third-order valence-electron chi connectivity index (χ3n) is 2.15. The van der Waals surface area contributed by atoms with Gasteiger partial charge in [-0.2, -0.15) is 0 Å². The van der Waals surface area contributed by atoms with Gasteiger partial charge in [-0.05, 0) is 17.5 Å². The van der Waals surface area contributed by atoms with Gasteiger partial charge in [0.25, 0.3) is 0 Å². The number of rotatable bonds is 2. The Bertz CT molecular complexity index is 462. The van der Waals surface area contributed by atoms with E-state index in [1.165, 1.54) is 11.3 Å². The Morgan fingerprint density at radius 1 is 1.50 bits per heavy atom. The van der Waals surface area contributed by atoms with Crippen LogP contribution in [0.1, 0.15) is 5.56 Å². The maximum atomic E-state index is 9.75. The number of ether oxygens (including phenoxy) is 1. The van der Waals surface area contributed by atoms with Crippen LogP contribution in [0.3, 0.4) is 0 Å². The van der Waals surface area contributed by atoms with Crippen molar-refractivity contribution < 1.29 is 14.9 Å². The zero-order valence-electron chi connectivity index (χ0n) is 7.65. The third kappa shape index (κ3) is 1.23. The molecule has 74 valence electrons. The first kappa shape index (κ1) is 9.30. The zero-order chi connectivity index (χ0) is 10.1. The standard InChI is InChI=1S/C10H10O3S/c1-13-8-4-6(5-11)9(12)10-7(8)2-3-14-10/h2-4,11-12H,5H2,1H3. The molecule has 0 saturated carbocycles. The minimum Gasteiger partial charge on any atom is -0.506 e. The molecule has 0 aliphatic carbocycles. The van der Waals surface area contributed by atoms with Gasteiger partial charge in [0, 0.05) is 10.9 Å². The topological polar surface area (TPSA) is 49.7 Å². The maximum Gasteiger partial charge on any atom is 0.139 e. The first-order chi connectivity index (χ1) is 6.77. The molecule has 0 saturated heterocycles. The van der Waals surface area contributed by atoms with E-state index in [4.69, 9.17) is 9.84 Å². The summed E-state index contributed by atoms with van der Waals surface area (Å²) in [6.07, 6.45) is 0. The number of methoxy groups -OCH3 is 1. The van der Waals surface area contributed by atoms with Crippen molar-refractivity contribution in [1.82, 2.24) is 0 Å². The van der Waals surface area contributed by atoms with Crippen molar-refractivity contribution in [3.05, 3.63) is 23.1 Å². The summed E-state index contributed by atoms with van der Waals surface area (Å²) in [6, 6.07) is 3.55. The number of aliphatic hydroxyl groups is 1. The molecule has 2 aromatic rings. The summed E-state index contributed by atoms with van der Waals surface area (Å²) < 4.78 is 5.93. The van der Waals surface area contributed by atoms with Crippen molar-refractivity contribution in [2.24, 2.45) is 0 Å². The molecule has 0 spiro atoms. The van der Waals surface area contributed by atoms with E-state index in [1.54, 1.807) is 13.2 Å². The van der Waals surface area contributed by atoms with E-state index >= 15 is 0 Å². The van der Waals surface area contributed by atoms with E-state index in [0.29, 0.717) is 11.3 Å². The highest BCUT2D eigenvalue weighted by Crippen LogP contribution is 2.39. The Labute approximate surface area is 85.2 Å². The number of thiophene rings is 1. The van der Waals surface area contributed by atoms with Crippen LogP contribution in [0.25, 0.3) is 10.1 Å². The highest BCUT2D eigenvalue weighted by Gasteiger charge is 2.11. The van der Waals surface area contributed by atoms with Crippen LogP contribution in [0, 0.1) is 0 Å². The van der Waals surface area contributed by atoms with Crippen LogP contribution in [0.5, 0.6) is 11.5 Å². The smallest absolute Gasteiger partial charge is 0.139 e. The Kier molecular flexibility index (Phi) is 2.31. The van der Waals surface area contributed by atoms with E-state index in [2.05, 4.69) is 0 Å². The molecular weight excluding hydrogens is 200 g/mol. The summed E-state index contributed by atoms with van der Waals surface area (Å²) in [5, 5.41) is 21.5. The lowest BCUT2D eigenvalue weighted by atomic mass is 10.1. The van der Waals surface area contributed by atoms with Crippen LogP contribution < -0.4 is 4.74 Å². The zero-order valence-corrected chi connectivity index (χ0v) is 8.47. The molecule has 0 fully saturated rings. The molecule has 14 heavy (non-hydrogen) atoms. The molecule has 0 radical (unpaired) electrons. The van der Waals surface area contributed by atoms with Gasteiger partial charge in [0.05, 0.1) is 18.4 Å². The Balaban J connectivity index is 2.80. The number of fused-ring (bicyclic) bond motifs is 1. The Morgan fingerprint density at radius 2 is 2.29 bits per heavy atom. The van der Waals surface area contributed by atoms with Gasteiger partial charge in [-0.3, -0.25) is 0 Å². The molecule has 2 rings (SSSR count). The van der Waals surface area contributed by atoms with Crippen LogP contribution >= 0.6 is 11.3 Å². The van der Waals surface area contributed by atoms with E-state index in [9.17, 15) is 5.11 Å². The van der Waals surface area contributed by atoms with Gasteiger partial charge in [-0.25, -0.2) is 0 Å². The second-order valence-corrected chi connectivity index (χ2v) is 3.82. The quantitative estimate of drug-likeness (QED) is 0.798. The van der Waals surface area contributed by atoms with E-state index in [1.807, 2.05) is 11.4 Å². The summed E-state index contributed by atoms with van der Waals surface area (Å²) in [4.78, 5) is 0. The van der Waals surface area contributed by atoms with Crippen molar-refractivity contribution in [2.45, 2.75) is 6.61 Å². The average molecular weight is 210 g/mol. The Morgan fingerprint density at radius 3 is 2.93 bits per heavy atom. The van der Waals surface area contributed by atoms with Crippen LogP contribution in [0.15, 0.2) is 17.5 Å².